The predicted molar refractivity (Wildman–Crippen MR) is 136 cm³/mol. The van der Waals surface area contributed by atoms with Crippen molar-refractivity contribution < 1.29 is 0 Å². The molecule has 2 unspecified atom stereocenters. The largest absolute Gasteiger partial charge is 0.311 e. The van der Waals surface area contributed by atoms with E-state index in [1.807, 2.05) is 0 Å². The quantitative estimate of drug-likeness (QED) is 0.478. The van der Waals surface area contributed by atoms with Gasteiger partial charge in [-0.2, -0.15) is 0 Å². The first kappa shape index (κ1) is 20.8. The predicted octanol–water partition coefficient (Wildman–Crippen LogP) is 7.33. The Morgan fingerprint density at radius 3 is 2.22 bits per heavy atom. The minimum absolute atomic E-state index is 0.432. The van der Waals surface area contributed by atoms with E-state index in [2.05, 4.69) is 119 Å². The second-order valence-electron chi connectivity index (χ2n) is 8.78. The van der Waals surface area contributed by atoms with Gasteiger partial charge in [0.05, 0.1) is 0 Å². The van der Waals surface area contributed by atoms with Gasteiger partial charge in [0.25, 0.3) is 0 Å². The van der Waals surface area contributed by atoms with Gasteiger partial charge in [-0.3, -0.25) is 4.90 Å². The number of rotatable bonds is 4. The van der Waals surface area contributed by atoms with Gasteiger partial charge in [0.2, 0.25) is 0 Å². The fraction of sp³-hybridized carbons (Fsp3) is 0.267. The second-order valence-corrected chi connectivity index (χ2v) is 8.78. The maximum absolute atomic E-state index is 2.72. The molecular weight excluding hydrogens is 388 g/mol. The number of allylic oxidation sites excluding steroid dienone is 5. The number of hydrogen-bond acceptors (Lipinski definition) is 2. The summed E-state index contributed by atoms with van der Waals surface area (Å²) in [4.78, 5) is 5.08. The van der Waals surface area contributed by atoms with Gasteiger partial charge < -0.3 is 4.90 Å². The topological polar surface area (TPSA) is 6.48 Å². The van der Waals surface area contributed by atoms with E-state index in [1.165, 1.54) is 36.3 Å². The molecule has 2 atom stereocenters. The maximum atomic E-state index is 2.72. The number of nitrogens with zero attached hydrogens (tertiary/aromatic N) is 2. The van der Waals surface area contributed by atoms with E-state index in [0.717, 1.165) is 19.4 Å². The second kappa shape index (κ2) is 10.0. The van der Waals surface area contributed by atoms with E-state index in [9.17, 15) is 0 Å². The van der Waals surface area contributed by atoms with Gasteiger partial charge in [-0.25, -0.2) is 0 Å². The Morgan fingerprint density at radius 1 is 0.812 bits per heavy atom. The Bertz CT molecular complexity index is 1000. The molecule has 0 amide bonds. The Balaban J connectivity index is 1.41. The molecule has 0 fully saturated rings. The molecule has 0 radical (unpaired) electrons. The zero-order chi connectivity index (χ0) is 21.6. The zero-order valence-electron chi connectivity index (χ0n) is 18.7. The number of anilines is 2. The van der Waals surface area contributed by atoms with Crippen molar-refractivity contribution in [2.45, 2.75) is 44.2 Å². The van der Waals surface area contributed by atoms with Crippen molar-refractivity contribution in [3.63, 3.8) is 0 Å². The fourth-order valence-electron chi connectivity index (χ4n) is 5.17. The molecule has 0 bridgehead atoms. The van der Waals surface area contributed by atoms with Crippen LogP contribution in [0.1, 0.15) is 32.1 Å². The molecule has 5 rings (SSSR count). The highest BCUT2D eigenvalue weighted by molar-refractivity contribution is 5.70. The molecule has 3 aliphatic rings. The number of para-hydroxylation sites is 2. The van der Waals surface area contributed by atoms with Crippen LogP contribution in [0.15, 0.2) is 121 Å². The van der Waals surface area contributed by atoms with Crippen molar-refractivity contribution in [3.05, 3.63) is 121 Å². The first-order valence-corrected chi connectivity index (χ1v) is 11.9. The molecule has 2 aromatic carbocycles. The zero-order valence-corrected chi connectivity index (χ0v) is 18.7. The first-order chi connectivity index (χ1) is 15.9. The summed E-state index contributed by atoms with van der Waals surface area (Å²) in [6, 6.07) is 22.3. The summed E-state index contributed by atoms with van der Waals surface area (Å²) in [7, 11) is 0. The molecule has 0 saturated carbocycles. The standard InChI is InChI=1S/C30H32N2/c1-2-12-24-31(30-19-11-10-14-25(30)13-5-1)26-20-22-29(23-21-26)32(27-15-6-3-7-16-27)28-17-8-4-9-18-28/h1-9,12,14-18,20,22-23,26,30H,10-11,13,19,21,24H2/b5-1-,12-2-. The number of benzene rings is 2. The molecule has 0 spiro atoms. The average molecular weight is 421 g/mol. The molecule has 2 heteroatoms. The van der Waals surface area contributed by atoms with Crippen LogP contribution in [0.25, 0.3) is 0 Å². The van der Waals surface area contributed by atoms with Crippen molar-refractivity contribution >= 4 is 11.4 Å². The molecule has 0 aromatic heterocycles. The van der Waals surface area contributed by atoms with Crippen molar-refractivity contribution in [2.75, 3.05) is 11.4 Å². The minimum Gasteiger partial charge on any atom is -0.311 e. The SMILES string of the molecule is C1=CC(N2C/C=C\C=C/CC3=CCCCC32)CC=C1N(c1ccccc1)c1ccccc1. The van der Waals surface area contributed by atoms with Gasteiger partial charge in [-0.15, -0.1) is 0 Å². The van der Waals surface area contributed by atoms with Gasteiger partial charge in [-0.05, 0) is 62.4 Å². The van der Waals surface area contributed by atoms with Crippen LogP contribution in [0.2, 0.25) is 0 Å². The van der Waals surface area contributed by atoms with Crippen LogP contribution in [0.4, 0.5) is 11.4 Å². The lowest BCUT2D eigenvalue weighted by Gasteiger charge is -2.40. The summed E-state index contributed by atoms with van der Waals surface area (Å²) in [5.74, 6) is 0. The summed E-state index contributed by atoms with van der Waals surface area (Å²) in [6.07, 6.45) is 24.7. The smallest absolute Gasteiger partial charge is 0.0461 e. The molecule has 1 heterocycles. The summed E-state index contributed by atoms with van der Waals surface area (Å²) in [5.41, 5.74) is 5.25. The third-order valence-electron chi connectivity index (χ3n) is 6.74. The van der Waals surface area contributed by atoms with Gasteiger partial charge in [-0.1, -0.05) is 84.5 Å². The fourth-order valence-corrected chi connectivity index (χ4v) is 5.17. The third-order valence-corrected chi connectivity index (χ3v) is 6.74. The van der Waals surface area contributed by atoms with E-state index in [0.29, 0.717) is 12.1 Å². The Morgan fingerprint density at radius 2 is 1.53 bits per heavy atom. The molecule has 162 valence electrons. The average Bonchev–Trinajstić information content (AvgIpc) is 2.96. The Hall–Kier alpha value is -3.10. The molecule has 0 saturated heterocycles. The van der Waals surface area contributed by atoms with Crippen LogP contribution in [-0.4, -0.2) is 23.5 Å². The molecule has 2 nitrogen and oxygen atoms in total. The van der Waals surface area contributed by atoms with Crippen molar-refractivity contribution in [1.82, 2.24) is 4.90 Å². The lowest BCUT2D eigenvalue weighted by atomic mass is 9.88. The summed E-state index contributed by atoms with van der Waals surface area (Å²) >= 11 is 0. The van der Waals surface area contributed by atoms with Gasteiger partial charge >= 0.3 is 0 Å². The van der Waals surface area contributed by atoms with Crippen molar-refractivity contribution in [2.24, 2.45) is 0 Å². The summed E-state index contributed by atoms with van der Waals surface area (Å²) < 4.78 is 0. The highest BCUT2D eigenvalue weighted by Crippen LogP contribution is 2.34. The van der Waals surface area contributed by atoms with Gasteiger partial charge in [0.1, 0.15) is 0 Å². The van der Waals surface area contributed by atoms with Gasteiger partial charge in [0, 0.05) is 35.7 Å². The molecule has 1 aliphatic heterocycles. The van der Waals surface area contributed by atoms with Crippen molar-refractivity contribution in [1.29, 1.82) is 0 Å². The Kier molecular flexibility index (Phi) is 6.50. The number of fused-ring (bicyclic) bond motifs is 1. The summed E-state index contributed by atoms with van der Waals surface area (Å²) in [5, 5.41) is 0. The van der Waals surface area contributed by atoms with Crippen LogP contribution < -0.4 is 4.90 Å². The van der Waals surface area contributed by atoms with Crippen LogP contribution >= 0.6 is 0 Å². The third kappa shape index (κ3) is 4.56. The monoisotopic (exact) mass is 420 g/mol. The highest BCUT2D eigenvalue weighted by atomic mass is 15.2. The maximum Gasteiger partial charge on any atom is 0.0461 e. The normalized spacial score (nSPS) is 25.4. The van der Waals surface area contributed by atoms with Crippen LogP contribution in [0, 0.1) is 0 Å². The Labute approximate surface area is 192 Å². The van der Waals surface area contributed by atoms with Crippen LogP contribution in [-0.2, 0) is 0 Å². The van der Waals surface area contributed by atoms with E-state index in [1.54, 1.807) is 5.57 Å². The van der Waals surface area contributed by atoms with E-state index >= 15 is 0 Å². The molecule has 0 N–H and O–H groups in total. The minimum atomic E-state index is 0.432. The lowest BCUT2D eigenvalue weighted by Crippen LogP contribution is -2.44. The van der Waals surface area contributed by atoms with Crippen molar-refractivity contribution in [3.8, 4) is 0 Å². The van der Waals surface area contributed by atoms with E-state index in [-0.39, 0.29) is 0 Å². The molecular formula is C30H32N2. The highest BCUT2D eigenvalue weighted by Gasteiger charge is 2.29. The molecule has 32 heavy (non-hydrogen) atoms. The number of hydrogen-bond donors (Lipinski definition) is 0. The van der Waals surface area contributed by atoms with Crippen LogP contribution in [0.3, 0.4) is 0 Å². The first-order valence-electron chi connectivity index (χ1n) is 11.9. The molecule has 2 aromatic rings. The van der Waals surface area contributed by atoms with Gasteiger partial charge in [0.15, 0.2) is 0 Å². The van der Waals surface area contributed by atoms with E-state index in [4.69, 9.17) is 0 Å². The van der Waals surface area contributed by atoms with E-state index < -0.39 is 0 Å². The molecule has 2 aliphatic carbocycles. The summed E-state index contributed by atoms with van der Waals surface area (Å²) in [6.45, 7) is 1.01. The van der Waals surface area contributed by atoms with Crippen LogP contribution in [0.5, 0.6) is 0 Å². The lowest BCUT2D eigenvalue weighted by molar-refractivity contribution is 0.185.